The molecule has 0 spiro atoms. The number of fused-ring (bicyclic) bond motifs is 1. The standard InChI is InChI=1S/C17H27N3/c1-2-14(18)17(15-9-3-4-11-19-15)20-12-6-8-13-7-5-10-16(13)20/h3-4,9,11,13-14,16-17H,2,5-8,10,12,18H2,1H3. The van der Waals surface area contributed by atoms with E-state index < -0.39 is 0 Å². The van der Waals surface area contributed by atoms with Gasteiger partial charge in [0.25, 0.3) is 0 Å². The predicted octanol–water partition coefficient (Wildman–Crippen LogP) is 3.12. The van der Waals surface area contributed by atoms with E-state index in [1.165, 1.54) is 38.6 Å². The summed E-state index contributed by atoms with van der Waals surface area (Å²) in [6, 6.07) is 7.46. The van der Waals surface area contributed by atoms with Crippen LogP contribution in [0.15, 0.2) is 24.4 Å². The lowest BCUT2D eigenvalue weighted by Gasteiger charge is -2.44. The van der Waals surface area contributed by atoms with Gasteiger partial charge < -0.3 is 5.73 Å². The van der Waals surface area contributed by atoms with E-state index >= 15 is 0 Å². The molecule has 3 nitrogen and oxygen atoms in total. The van der Waals surface area contributed by atoms with Crippen LogP contribution in [-0.4, -0.2) is 28.5 Å². The Morgan fingerprint density at radius 3 is 2.90 bits per heavy atom. The van der Waals surface area contributed by atoms with Crippen LogP contribution >= 0.6 is 0 Å². The van der Waals surface area contributed by atoms with Gasteiger partial charge in [0, 0.05) is 18.3 Å². The highest BCUT2D eigenvalue weighted by Gasteiger charge is 2.40. The SMILES string of the molecule is CCC(N)C(c1ccccn1)N1CCCC2CCCC21. The molecule has 0 bridgehead atoms. The molecule has 1 aliphatic carbocycles. The highest BCUT2D eigenvalue weighted by Crippen LogP contribution is 2.41. The van der Waals surface area contributed by atoms with Gasteiger partial charge in [0.05, 0.1) is 11.7 Å². The van der Waals surface area contributed by atoms with Gasteiger partial charge in [-0.25, -0.2) is 0 Å². The molecule has 1 aliphatic heterocycles. The molecule has 2 N–H and O–H groups in total. The molecule has 20 heavy (non-hydrogen) atoms. The molecule has 2 aliphatic rings. The quantitative estimate of drug-likeness (QED) is 0.916. The zero-order chi connectivity index (χ0) is 13.9. The monoisotopic (exact) mass is 273 g/mol. The van der Waals surface area contributed by atoms with Crippen molar-refractivity contribution >= 4 is 0 Å². The van der Waals surface area contributed by atoms with Crippen molar-refractivity contribution in [1.29, 1.82) is 0 Å². The van der Waals surface area contributed by atoms with Crippen molar-refractivity contribution < 1.29 is 0 Å². The van der Waals surface area contributed by atoms with Crippen molar-refractivity contribution in [3.8, 4) is 0 Å². The maximum atomic E-state index is 6.48. The molecular weight excluding hydrogens is 246 g/mol. The van der Waals surface area contributed by atoms with Crippen LogP contribution in [0.3, 0.4) is 0 Å². The normalized spacial score (nSPS) is 29.9. The number of likely N-dealkylation sites (tertiary alicyclic amines) is 1. The van der Waals surface area contributed by atoms with Gasteiger partial charge >= 0.3 is 0 Å². The number of hydrogen-bond acceptors (Lipinski definition) is 3. The van der Waals surface area contributed by atoms with Crippen molar-refractivity contribution in [1.82, 2.24) is 9.88 Å². The Hall–Kier alpha value is -0.930. The topological polar surface area (TPSA) is 42.1 Å². The molecule has 0 radical (unpaired) electrons. The number of pyridine rings is 1. The minimum Gasteiger partial charge on any atom is -0.326 e. The Morgan fingerprint density at radius 2 is 2.15 bits per heavy atom. The summed E-state index contributed by atoms with van der Waals surface area (Å²) in [5.74, 6) is 0.902. The first-order chi connectivity index (χ1) is 9.81. The summed E-state index contributed by atoms with van der Waals surface area (Å²) in [7, 11) is 0. The highest BCUT2D eigenvalue weighted by molar-refractivity contribution is 5.13. The van der Waals surface area contributed by atoms with Gasteiger partial charge in [0.15, 0.2) is 0 Å². The summed E-state index contributed by atoms with van der Waals surface area (Å²) in [5.41, 5.74) is 7.64. The van der Waals surface area contributed by atoms with E-state index in [4.69, 9.17) is 5.73 Å². The van der Waals surface area contributed by atoms with Gasteiger partial charge in [-0.2, -0.15) is 0 Å². The van der Waals surface area contributed by atoms with Crippen molar-refractivity contribution in [2.45, 2.75) is 63.6 Å². The summed E-state index contributed by atoms with van der Waals surface area (Å²) < 4.78 is 0. The smallest absolute Gasteiger partial charge is 0.0676 e. The van der Waals surface area contributed by atoms with Crippen LogP contribution in [0.4, 0.5) is 0 Å². The minimum atomic E-state index is 0.184. The van der Waals surface area contributed by atoms with Gasteiger partial charge in [0.2, 0.25) is 0 Å². The van der Waals surface area contributed by atoms with Crippen LogP contribution in [0.25, 0.3) is 0 Å². The molecule has 110 valence electrons. The van der Waals surface area contributed by atoms with Crippen LogP contribution in [0.2, 0.25) is 0 Å². The van der Waals surface area contributed by atoms with Gasteiger partial charge in [-0.1, -0.05) is 19.4 Å². The van der Waals surface area contributed by atoms with E-state index in [2.05, 4.69) is 28.9 Å². The third-order valence-electron chi connectivity index (χ3n) is 5.26. The first-order valence-electron chi connectivity index (χ1n) is 8.23. The van der Waals surface area contributed by atoms with Crippen LogP contribution in [0, 0.1) is 5.92 Å². The lowest BCUT2D eigenvalue weighted by Crippen LogP contribution is -2.50. The fourth-order valence-electron chi connectivity index (χ4n) is 4.25. The second kappa shape index (κ2) is 6.23. The van der Waals surface area contributed by atoms with E-state index in [-0.39, 0.29) is 6.04 Å². The second-order valence-electron chi connectivity index (χ2n) is 6.41. The van der Waals surface area contributed by atoms with Gasteiger partial charge in [-0.15, -0.1) is 0 Å². The van der Waals surface area contributed by atoms with E-state index in [0.29, 0.717) is 6.04 Å². The maximum Gasteiger partial charge on any atom is 0.0676 e. The molecule has 3 heteroatoms. The molecule has 1 saturated carbocycles. The minimum absolute atomic E-state index is 0.184. The summed E-state index contributed by atoms with van der Waals surface area (Å²) >= 11 is 0. The van der Waals surface area contributed by atoms with Crippen molar-refractivity contribution in [3.63, 3.8) is 0 Å². The second-order valence-corrected chi connectivity index (χ2v) is 6.41. The number of hydrogen-bond donors (Lipinski definition) is 1. The number of piperidine rings is 1. The van der Waals surface area contributed by atoms with Crippen LogP contribution < -0.4 is 5.73 Å². The molecule has 2 fully saturated rings. The molecule has 4 unspecified atom stereocenters. The van der Waals surface area contributed by atoms with Crippen LogP contribution in [0.5, 0.6) is 0 Å². The maximum absolute atomic E-state index is 6.48. The third-order valence-corrected chi connectivity index (χ3v) is 5.26. The average Bonchev–Trinajstić information content (AvgIpc) is 2.98. The predicted molar refractivity (Wildman–Crippen MR) is 82.3 cm³/mol. The molecule has 0 amide bonds. The highest BCUT2D eigenvalue weighted by atomic mass is 15.2. The molecule has 2 heterocycles. The number of rotatable bonds is 4. The van der Waals surface area contributed by atoms with E-state index in [1.807, 2.05) is 12.3 Å². The summed E-state index contributed by atoms with van der Waals surface area (Å²) in [6.45, 7) is 3.38. The van der Waals surface area contributed by atoms with Crippen LogP contribution in [0.1, 0.15) is 57.2 Å². The lowest BCUT2D eigenvalue weighted by molar-refractivity contribution is 0.0518. The fourth-order valence-corrected chi connectivity index (χ4v) is 4.25. The number of aromatic nitrogens is 1. The van der Waals surface area contributed by atoms with E-state index in [1.54, 1.807) is 0 Å². The lowest BCUT2D eigenvalue weighted by atomic mass is 9.88. The van der Waals surface area contributed by atoms with Gasteiger partial charge in [0.1, 0.15) is 0 Å². The number of nitrogens with zero attached hydrogens (tertiary/aromatic N) is 2. The zero-order valence-electron chi connectivity index (χ0n) is 12.5. The molecule has 1 aromatic rings. The molecule has 1 saturated heterocycles. The molecule has 0 aromatic carbocycles. The first kappa shape index (κ1) is 14.0. The van der Waals surface area contributed by atoms with Crippen molar-refractivity contribution in [2.75, 3.05) is 6.54 Å². The Balaban J connectivity index is 1.88. The third kappa shape index (κ3) is 2.61. The Labute approximate surface area is 122 Å². The zero-order valence-corrected chi connectivity index (χ0v) is 12.5. The fraction of sp³-hybridized carbons (Fsp3) is 0.706. The Morgan fingerprint density at radius 1 is 1.30 bits per heavy atom. The first-order valence-corrected chi connectivity index (χ1v) is 8.23. The molecule has 3 rings (SSSR count). The molecule has 4 atom stereocenters. The van der Waals surface area contributed by atoms with Crippen molar-refractivity contribution in [3.05, 3.63) is 30.1 Å². The van der Waals surface area contributed by atoms with Gasteiger partial charge in [-0.05, 0) is 56.7 Å². The largest absolute Gasteiger partial charge is 0.326 e. The van der Waals surface area contributed by atoms with Crippen LogP contribution in [-0.2, 0) is 0 Å². The van der Waals surface area contributed by atoms with Crippen molar-refractivity contribution in [2.24, 2.45) is 11.7 Å². The Bertz CT molecular complexity index is 420. The summed E-state index contributed by atoms with van der Waals surface area (Å²) in [6.07, 6.45) is 9.80. The number of nitrogens with two attached hydrogens (primary N) is 1. The van der Waals surface area contributed by atoms with E-state index in [9.17, 15) is 0 Å². The van der Waals surface area contributed by atoms with E-state index in [0.717, 1.165) is 24.1 Å². The van der Waals surface area contributed by atoms with Gasteiger partial charge in [-0.3, -0.25) is 9.88 Å². The molecule has 1 aromatic heterocycles. The average molecular weight is 273 g/mol. The molecular formula is C17H27N3. The summed E-state index contributed by atoms with van der Waals surface area (Å²) in [4.78, 5) is 7.31. The summed E-state index contributed by atoms with van der Waals surface area (Å²) in [5, 5.41) is 0. The Kier molecular flexibility index (Phi) is 4.37.